The van der Waals surface area contributed by atoms with Gasteiger partial charge in [-0.05, 0) is 76.4 Å². The fourth-order valence-corrected chi connectivity index (χ4v) is 5.61. The first-order valence-corrected chi connectivity index (χ1v) is 9.73. The van der Waals surface area contributed by atoms with Crippen molar-refractivity contribution in [3.63, 3.8) is 0 Å². The average Bonchev–Trinajstić information content (AvgIpc) is 3.02. The molecule has 1 atom stereocenters. The van der Waals surface area contributed by atoms with Crippen molar-refractivity contribution in [3.8, 4) is 0 Å². The number of hydrogen-bond donors (Lipinski definition) is 1. The normalized spacial score (nSPS) is 34.6. The van der Waals surface area contributed by atoms with Crippen LogP contribution in [0.1, 0.15) is 38.5 Å². The molecule has 0 spiro atoms. The van der Waals surface area contributed by atoms with Crippen molar-refractivity contribution < 1.29 is 0 Å². The van der Waals surface area contributed by atoms with E-state index in [1.807, 2.05) is 0 Å². The number of piperidine rings is 1. The molecular weight excluding hydrogens is 266 g/mol. The summed E-state index contributed by atoms with van der Waals surface area (Å²) in [4.78, 5) is 5.44. The van der Waals surface area contributed by atoms with E-state index in [4.69, 9.17) is 5.73 Å². The molecule has 0 aromatic carbocycles. The SMILES string of the molecule is NCC1(N2CCC(CN3CCCC3)CC2)CCCSC1. The maximum Gasteiger partial charge on any atom is 0.0422 e. The van der Waals surface area contributed by atoms with Crippen LogP contribution >= 0.6 is 11.8 Å². The Labute approximate surface area is 128 Å². The molecule has 3 heterocycles. The molecule has 3 aliphatic rings. The first-order valence-electron chi connectivity index (χ1n) is 8.58. The highest BCUT2D eigenvalue weighted by molar-refractivity contribution is 7.99. The second kappa shape index (κ2) is 6.99. The molecule has 3 aliphatic heterocycles. The zero-order valence-corrected chi connectivity index (χ0v) is 13.7. The predicted octanol–water partition coefficient (Wildman–Crippen LogP) is 2.02. The van der Waals surface area contributed by atoms with E-state index in [1.165, 1.54) is 82.8 Å². The van der Waals surface area contributed by atoms with Gasteiger partial charge in [0, 0.05) is 24.4 Å². The minimum atomic E-state index is 0.335. The van der Waals surface area contributed by atoms with E-state index in [-0.39, 0.29) is 0 Å². The van der Waals surface area contributed by atoms with Crippen molar-refractivity contribution in [2.75, 3.05) is 50.8 Å². The van der Waals surface area contributed by atoms with Crippen molar-refractivity contribution in [1.29, 1.82) is 0 Å². The van der Waals surface area contributed by atoms with Gasteiger partial charge in [-0.3, -0.25) is 4.90 Å². The Morgan fingerprint density at radius 1 is 1.05 bits per heavy atom. The summed E-state index contributed by atoms with van der Waals surface area (Å²) < 4.78 is 0. The Bertz CT molecular complexity index is 290. The molecule has 116 valence electrons. The van der Waals surface area contributed by atoms with Crippen molar-refractivity contribution in [2.24, 2.45) is 11.7 Å². The molecule has 0 saturated carbocycles. The minimum Gasteiger partial charge on any atom is -0.329 e. The van der Waals surface area contributed by atoms with Gasteiger partial charge in [0.25, 0.3) is 0 Å². The third-order valence-corrected chi connectivity index (χ3v) is 7.00. The number of likely N-dealkylation sites (tertiary alicyclic amines) is 2. The average molecular weight is 298 g/mol. The summed E-state index contributed by atoms with van der Waals surface area (Å²) in [5, 5.41) is 0. The lowest BCUT2D eigenvalue weighted by molar-refractivity contribution is 0.0549. The molecule has 20 heavy (non-hydrogen) atoms. The van der Waals surface area contributed by atoms with Gasteiger partial charge in [0.15, 0.2) is 0 Å². The van der Waals surface area contributed by atoms with Crippen LogP contribution < -0.4 is 5.73 Å². The maximum absolute atomic E-state index is 6.17. The van der Waals surface area contributed by atoms with Gasteiger partial charge >= 0.3 is 0 Å². The highest BCUT2D eigenvalue weighted by Crippen LogP contribution is 2.34. The van der Waals surface area contributed by atoms with Crippen LogP contribution in [0.2, 0.25) is 0 Å². The second-order valence-corrected chi connectivity index (χ2v) is 8.13. The van der Waals surface area contributed by atoms with Crippen LogP contribution in [0.5, 0.6) is 0 Å². The molecule has 1 unspecified atom stereocenters. The lowest BCUT2D eigenvalue weighted by atomic mass is 9.88. The summed E-state index contributed by atoms with van der Waals surface area (Å²) in [6, 6.07) is 0. The van der Waals surface area contributed by atoms with Gasteiger partial charge in [-0.2, -0.15) is 11.8 Å². The van der Waals surface area contributed by atoms with Crippen molar-refractivity contribution in [3.05, 3.63) is 0 Å². The summed E-state index contributed by atoms with van der Waals surface area (Å²) in [5.74, 6) is 3.54. The molecule has 0 aliphatic carbocycles. The second-order valence-electron chi connectivity index (χ2n) is 7.02. The molecule has 3 fully saturated rings. The summed E-state index contributed by atoms with van der Waals surface area (Å²) in [5.41, 5.74) is 6.51. The molecule has 3 nitrogen and oxygen atoms in total. The third kappa shape index (κ3) is 3.34. The van der Waals surface area contributed by atoms with E-state index >= 15 is 0 Å². The summed E-state index contributed by atoms with van der Waals surface area (Å²) in [6.07, 6.45) is 8.31. The Morgan fingerprint density at radius 2 is 1.80 bits per heavy atom. The van der Waals surface area contributed by atoms with Crippen LogP contribution in [0.3, 0.4) is 0 Å². The fourth-order valence-electron chi connectivity index (χ4n) is 4.30. The van der Waals surface area contributed by atoms with E-state index in [9.17, 15) is 0 Å². The van der Waals surface area contributed by atoms with Gasteiger partial charge in [-0.25, -0.2) is 0 Å². The first-order chi connectivity index (χ1) is 9.82. The molecule has 0 bridgehead atoms. The van der Waals surface area contributed by atoms with Gasteiger partial charge in [0.2, 0.25) is 0 Å². The first kappa shape index (κ1) is 15.1. The maximum atomic E-state index is 6.17. The number of nitrogens with two attached hydrogens (primary N) is 1. The lowest BCUT2D eigenvalue weighted by Crippen LogP contribution is -2.59. The molecule has 0 amide bonds. The van der Waals surface area contributed by atoms with E-state index in [0.717, 1.165) is 12.5 Å². The van der Waals surface area contributed by atoms with E-state index in [2.05, 4.69) is 21.6 Å². The van der Waals surface area contributed by atoms with Gasteiger partial charge in [0.1, 0.15) is 0 Å². The van der Waals surface area contributed by atoms with Crippen molar-refractivity contribution in [2.45, 2.75) is 44.1 Å². The molecular formula is C16H31N3S. The van der Waals surface area contributed by atoms with E-state index in [1.54, 1.807) is 0 Å². The fraction of sp³-hybridized carbons (Fsp3) is 1.00. The monoisotopic (exact) mass is 297 g/mol. The lowest BCUT2D eigenvalue weighted by Gasteiger charge is -2.48. The zero-order chi connectivity index (χ0) is 13.8. The quantitative estimate of drug-likeness (QED) is 0.860. The van der Waals surface area contributed by atoms with Crippen molar-refractivity contribution >= 4 is 11.8 Å². The Hall–Kier alpha value is 0.230. The standard InChI is InChI=1S/C16H31N3S/c17-13-16(6-3-11-20-14-16)19-9-4-15(5-10-19)12-18-7-1-2-8-18/h15H,1-14,17H2. The van der Waals surface area contributed by atoms with Crippen molar-refractivity contribution in [1.82, 2.24) is 9.80 Å². The Morgan fingerprint density at radius 3 is 2.40 bits per heavy atom. The molecule has 0 aromatic heterocycles. The van der Waals surface area contributed by atoms with Gasteiger partial charge in [0.05, 0.1) is 0 Å². The highest BCUT2D eigenvalue weighted by atomic mass is 32.2. The summed E-state index contributed by atoms with van der Waals surface area (Å²) in [6.45, 7) is 7.49. The zero-order valence-electron chi connectivity index (χ0n) is 12.9. The topological polar surface area (TPSA) is 32.5 Å². The Kier molecular flexibility index (Phi) is 5.29. The Balaban J connectivity index is 1.49. The van der Waals surface area contributed by atoms with E-state index in [0.29, 0.717) is 5.54 Å². The molecule has 0 aromatic rings. The molecule has 4 heteroatoms. The highest BCUT2D eigenvalue weighted by Gasteiger charge is 2.38. The summed E-state index contributed by atoms with van der Waals surface area (Å²) in [7, 11) is 0. The van der Waals surface area contributed by atoms with Gasteiger partial charge < -0.3 is 10.6 Å². The molecule has 2 N–H and O–H groups in total. The largest absolute Gasteiger partial charge is 0.329 e. The van der Waals surface area contributed by atoms with Crippen LogP contribution in [0, 0.1) is 5.92 Å². The van der Waals surface area contributed by atoms with Crippen LogP contribution in [0.15, 0.2) is 0 Å². The third-order valence-electron chi connectivity index (χ3n) is 5.68. The smallest absolute Gasteiger partial charge is 0.0422 e. The van der Waals surface area contributed by atoms with Gasteiger partial charge in [-0.1, -0.05) is 0 Å². The van der Waals surface area contributed by atoms with E-state index < -0.39 is 0 Å². The number of rotatable bonds is 4. The molecule has 3 saturated heterocycles. The molecule has 3 rings (SSSR count). The van der Waals surface area contributed by atoms with Crippen LogP contribution in [0.25, 0.3) is 0 Å². The van der Waals surface area contributed by atoms with Crippen LogP contribution in [0.4, 0.5) is 0 Å². The minimum absolute atomic E-state index is 0.335. The van der Waals surface area contributed by atoms with Crippen LogP contribution in [-0.2, 0) is 0 Å². The van der Waals surface area contributed by atoms with Crippen LogP contribution in [-0.4, -0.2) is 66.1 Å². The number of hydrogen-bond acceptors (Lipinski definition) is 4. The summed E-state index contributed by atoms with van der Waals surface area (Å²) >= 11 is 2.12. The number of thioether (sulfide) groups is 1. The number of nitrogens with zero attached hydrogens (tertiary/aromatic N) is 2. The molecule has 0 radical (unpaired) electrons. The predicted molar refractivity (Wildman–Crippen MR) is 88.3 cm³/mol. The van der Waals surface area contributed by atoms with Gasteiger partial charge in [-0.15, -0.1) is 0 Å².